The Kier molecular flexibility index (Phi) is 2.71. The molecule has 106 valence electrons. The molecule has 0 spiro atoms. The summed E-state index contributed by atoms with van der Waals surface area (Å²) in [5.41, 5.74) is 4.92. The number of hydrogen-bond donors (Lipinski definition) is 1. The topological polar surface area (TPSA) is 17.0 Å². The minimum absolute atomic E-state index is 0.693. The van der Waals surface area contributed by atoms with E-state index in [9.17, 15) is 0 Å². The number of rotatable bonds is 5. The molecule has 4 rings (SSSR count). The lowest BCUT2D eigenvalue weighted by Gasteiger charge is -2.15. The van der Waals surface area contributed by atoms with Crippen LogP contribution in [0.4, 0.5) is 0 Å². The van der Waals surface area contributed by atoms with Crippen LogP contribution in [0, 0.1) is 18.3 Å². The monoisotopic (exact) mass is 268 g/mol. The quantitative estimate of drug-likeness (QED) is 0.873. The van der Waals surface area contributed by atoms with E-state index in [1.807, 2.05) is 0 Å². The smallest absolute Gasteiger partial charge is 0.0483 e. The molecule has 0 unspecified atom stereocenters. The Morgan fingerprint density at radius 2 is 2.00 bits per heavy atom. The van der Waals surface area contributed by atoms with E-state index >= 15 is 0 Å². The SMILES string of the molecule is Cc1c(CNCC2(C3CC3)CC2)n(C)c2ccccc12. The lowest BCUT2D eigenvalue weighted by molar-refractivity contribution is 0.401. The van der Waals surface area contributed by atoms with Crippen molar-refractivity contribution in [2.45, 2.75) is 39.2 Å². The standard InChI is InChI=1S/C18H24N2/c1-13-15-5-3-4-6-16(15)20(2)17(13)11-19-12-18(9-10-18)14-7-8-14/h3-6,14,19H,7-12H2,1-2H3. The number of para-hydroxylation sites is 1. The summed E-state index contributed by atoms with van der Waals surface area (Å²) in [5, 5.41) is 5.15. The average Bonchev–Trinajstić information content (AvgIpc) is 3.35. The van der Waals surface area contributed by atoms with E-state index in [2.05, 4.69) is 48.1 Å². The molecule has 1 aromatic carbocycles. The summed E-state index contributed by atoms with van der Waals surface area (Å²) in [6.07, 6.45) is 5.88. The first-order chi connectivity index (χ1) is 9.71. The average molecular weight is 268 g/mol. The van der Waals surface area contributed by atoms with E-state index in [-0.39, 0.29) is 0 Å². The van der Waals surface area contributed by atoms with Gasteiger partial charge in [-0.1, -0.05) is 18.2 Å². The van der Waals surface area contributed by atoms with Gasteiger partial charge in [-0.05, 0) is 55.6 Å². The van der Waals surface area contributed by atoms with Gasteiger partial charge in [-0.3, -0.25) is 0 Å². The van der Waals surface area contributed by atoms with E-state index in [0.29, 0.717) is 5.41 Å². The van der Waals surface area contributed by atoms with E-state index in [1.165, 1.54) is 54.4 Å². The van der Waals surface area contributed by atoms with Crippen LogP contribution in [-0.4, -0.2) is 11.1 Å². The Morgan fingerprint density at radius 1 is 1.25 bits per heavy atom. The molecular formula is C18H24N2. The minimum atomic E-state index is 0.693. The highest BCUT2D eigenvalue weighted by molar-refractivity contribution is 5.85. The number of aromatic nitrogens is 1. The Morgan fingerprint density at radius 3 is 2.65 bits per heavy atom. The molecule has 1 aromatic heterocycles. The van der Waals surface area contributed by atoms with Crippen molar-refractivity contribution in [3.05, 3.63) is 35.5 Å². The van der Waals surface area contributed by atoms with Gasteiger partial charge in [0, 0.05) is 36.7 Å². The maximum absolute atomic E-state index is 3.75. The molecule has 0 bridgehead atoms. The molecule has 2 nitrogen and oxygen atoms in total. The van der Waals surface area contributed by atoms with Crippen LogP contribution in [0.3, 0.4) is 0 Å². The molecule has 0 amide bonds. The molecule has 0 saturated heterocycles. The second kappa shape index (κ2) is 4.36. The van der Waals surface area contributed by atoms with Gasteiger partial charge >= 0.3 is 0 Å². The zero-order chi connectivity index (χ0) is 13.7. The third-order valence-electron chi connectivity index (χ3n) is 5.61. The lowest BCUT2D eigenvalue weighted by atomic mass is 10.0. The Hall–Kier alpha value is -1.28. The summed E-state index contributed by atoms with van der Waals surface area (Å²) in [4.78, 5) is 0. The van der Waals surface area contributed by atoms with Crippen LogP contribution < -0.4 is 5.32 Å². The van der Waals surface area contributed by atoms with Gasteiger partial charge in [-0.25, -0.2) is 0 Å². The normalized spacial score (nSPS) is 20.5. The number of hydrogen-bond acceptors (Lipinski definition) is 1. The minimum Gasteiger partial charge on any atom is -0.346 e. The van der Waals surface area contributed by atoms with Crippen LogP contribution in [0.2, 0.25) is 0 Å². The highest BCUT2D eigenvalue weighted by Crippen LogP contribution is 2.60. The van der Waals surface area contributed by atoms with Crippen molar-refractivity contribution >= 4 is 10.9 Å². The fourth-order valence-corrected chi connectivity index (χ4v) is 3.90. The third kappa shape index (κ3) is 1.89. The van der Waals surface area contributed by atoms with Gasteiger partial charge in [0.15, 0.2) is 0 Å². The molecule has 1 heterocycles. The van der Waals surface area contributed by atoms with Gasteiger partial charge in [-0.2, -0.15) is 0 Å². The van der Waals surface area contributed by atoms with Crippen molar-refractivity contribution in [1.82, 2.24) is 9.88 Å². The second-order valence-electron chi connectivity index (χ2n) is 6.89. The first kappa shape index (κ1) is 12.5. The van der Waals surface area contributed by atoms with E-state index in [0.717, 1.165) is 12.5 Å². The van der Waals surface area contributed by atoms with Crippen LogP contribution in [0.1, 0.15) is 36.9 Å². The summed E-state index contributed by atoms with van der Waals surface area (Å²) in [6.45, 7) is 4.48. The zero-order valence-corrected chi connectivity index (χ0v) is 12.6. The first-order valence-corrected chi connectivity index (χ1v) is 7.95. The fraction of sp³-hybridized carbons (Fsp3) is 0.556. The van der Waals surface area contributed by atoms with E-state index in [1.54, 1.807) is 0 Å². The predicted octanol–water partition coefficient (Wildman–Crippen LogP) is 3.77. The van der Waals surface area contributed by atoms with Crippen molar-refractivity contribution in [1.29, 1.82) is 0 Å². The third-order valence-corrected chi connectivity index (χ3v) is 5.61. The van der Waals surface area contributed by atoms with Crippen molar-refractivity contribution in [3.63, 3.8) is 0 Å². The number of benzene rings is 1. The molecular weight excluding hydrogens is 244 g/mol. The molecule has 2 aliphatic carbocycles. The van der Waals surface area contributed by atoms with E-state index < -0.39 is 0 Å². The number of aryl methyl sites for hydroxylation is 2. The summed E-state index contributed by atoms with van der Waals surface area (Å²) in [7, 11) is 2.19. The lowest BCUT2D eigenvalue weighted by Crippen LogP contribution is -2.26. The van der Waals surface area contributed by atoms with Gasteiger partial charge in [-0.15, -0.1) is 0 Å². The summed E-state index contributed by atoms with van der Waals surface area (Å²) in [6, 6.07) is 8.73. The Labute approximate surface area is 121 Å². The summed E-state index contributed by atoms with van der Waals surface area (Å²) < 4.78 is 2.36. The molecule has 2 fully saturated rings. The molecule has 2 aliphatic rings. The molecule has 0 radical (unpaired) electrons. The molecule has 0 aliphatic heterocycles. The molecule has 0 atom stereocenters. The van der Waals surface area contributed by atoms with Crippen LogP contribution in [0.15, 0.2) is 24.3 Å². The maximum atomic E-state index is 3.75. The molecule has 20 heavy (non-hydrogen) atoms. The van der Waals surface area contributed by atoms with Crippen LogP contribution in [0.25, 0.3) is 10.9 Å². The number of nitrogens with one attached hydrogen (secondary N) is 1. The fourth-order valence-electron chi connectivity index (χ4n) is 3.90. The van der Waals surface area contributed by atoms with Crippen molar-refractivity contribution in [2.24, 2.45) is 18.4 Å². The molecule has 2 saturated carbocycles. The van der Waals surface area contributed by atoms with Gasteiger partial charge < -0.3 is 9.88 Å². The number of fused-ring (bicyclic) bond motifs is 1. The van der Waals surface area contributed by atoms with Gasteiger partial charge in [0.2, 0.25) is 0 Å². The van der Waals surface area contributed by atoms with Gasteiger partial charge in [0.1, 0.15) is 0 Å². The second-order valence-corrected chi connectivity index (χ2v) is 6.89. The molecule has 2 heteroatoms. The molecule has 1 N–H and O–H groups in total. The zero-order valence-electron chi connectivity index (χ0n) is 12.6. The number of nitrogens with zero attached hydrogens (tertiary/aromatic N) is 1. The van der Waals surface area contributed by atoms with Crippen LogP contribution in [0.5, 0.6) is 0 Å². The van der Waals surface area contributed by atoms with Gasteiger partial charge in [0.05, 0.1) is 0 Å². The van der Waals surface area contributed by atoms with Crippen LogP contribution >= 0.6 is 0 Å². The molecule has 2 aromatic rings. The highest BCUT2D eigenvalue weighted by Gasteiger charge is 2.53. The van der Waals surface area contributed by atoms with E-state index in [4.69, 9.17) is 0 Å². The highest BCUT2D eigenvalue weighted by atomic mass is 15.0. The Balaban J connectivity index is 1.51. The Bertz CT molecular complexity index is 606. The van der Waals surface area contributed by atoms with Gasteiger partial charge in [0.25, 0.3) is 0 Å². The van der Waals surface area contributed by atoms with Crippen molar-refractivity contribution in [2.75, 3.05) is 6.54 Å². The predicted molar refractivity (Wildman–Crippen MR) is 83.8 cm³/mol. The summed E-state index contributed by atoms with van der Waals surface area (Å²) >= 11 is 0. The van der Waals surface area contributed by atoms with Crippen LogP contribution in [-0.2, 0) is 13.6 Å². The summed E-state index contributed by atoms with van der Waals surface area (Å²) in [5.74, 6) is 1.04. The first-order valence-electron chi connectivity index (χ1n) is 7.95. The largest absolute Gasteiger partial charge is 0.346 e. The van der Waals surface area contributed by atoms with Crippen molar-refractivity contribution < 1.29 is 0 Å². The maximum Gasteiger partial charge on any atom is 0.0483 e. The van der Waals surface area contributed by atoms with Crippen molar-refractivity contribution in [3.8, 4) is 0 Å².